The fourth-order valence-corrected chi connectivity index (χ4v) is 2.86. The Morgan fingerprint density at radius 2 is 1.80 bits per heavy atom. The molecule has 84 valence electrons. The lowest BCUT2D eigenvalue weighted by Gasteiger charge is -2.24. The molecule has 0 N–H and O–H groups in total. The number of aryl methyl sites for hydroxylation is 1. The van der Waals surface area contributed by atoms with E-state index in [0.29, 0.717) is 0 Å². The summed E-state index contributed by atoms with van der Waals surface area (Å²) < 4.78 is 34.0. The third-order valence-corrected chi connectivity index (χ3v) is 3.47. The zero-order valence-electron chi connectivity index (χ0n) is 9.12. The van der Waals surface area contributed by atoms with Crippen molar-refractivity contribution in [2.24, 2.45) is 0 Å². The summed E-state index contributed by atoms with van der Waals surface area (Å²) in [4.78, 5) is 0. The molecule has 0 radical (unpaired) electrons. The van der Waals surface area contributed by atoms with Crippen molar-refractivity contribution >= 4 is 10.2 Å². The van der Waals surface area contributed by atoms with Crippen LogP contribution in [0.15, 0.2) is 24.3 Å². The quantitative estimate of drug-likeness (QED) is 0.748. The van der Waals surface area contributed by atoms with Crippen LogP contribution in [0.25, 0.3) is 0 Å². The second-order valence-electron chi connectivity index (χ2n) is 4.38. The molecule has 1 aromatic carbocycles. The molecule has 0 saturated carbocycles. The van der Waals surface area contributed by atoms with E-state index in [0.717, 1.165) is 11.1 Å². The summed E-state index contributed by atoms with van der Waals surface area (Å²) in [6.45, 7) is 5.35. The molecule has 0 fully saturated rings. The molecule has 0 aliphatic heterocycles. The molecule has 2 nitrogen and oxygen atoms in total. The predicted molar refractivity (Wildman–Crippen MR) is 59.1 cm³/mol. The fraction of sp³-hybridized carbons (Fsp3) is 0.455. The third kappa shape index (κ3) is 3.30. The van der Waals surface area contributed by atoms with Crippen LogP contribution in [0.1, 0.15) is 25.0 Å². The first-order valence-electron chi connectivity index (χ1n) is 4.71. The molecule has 0 atom stereocenters. The molecule has 0 unspecified atom stereocenters. The average molecular weight is 230 g/mol. The van der Waals surface area contributed by atoms with Crippen molar-refractivity contribution in [3.8, 4) is 0 Å². The van der Waals surface area contributed by atoms with E-state index in [9.17, 15) is 12.3 Å². The molecule has 1 aromatic rings. The largest absolute Gasteiger partial charge is 0.303 e. The smallest absolute Gasteiger partial charge is 0.195 e. The highest BCUT2D eigenvalue weighted by Gasteiger charge is 2.28. The fourth-order valence-electron chi connectivity index (χ4n) is 1.84. The Labute approximate surface area is 90.3 Å². The zero-order chi connectivity index (χ0) is 11.7. The van der Waals surface area contributed by atoms with Gasteiger partial charge in [0, 0.05) is 5.41 Å². The van der Waals surface area contributed by atoms with Gasteiger partial charge in [0.25, 0.3) is 0 Å². The Balaban J connectivity index is 3.12. The maximum Gasteiger partial charge on any atom is 0.303 e. The summed E-state index contributed by atoms with van der Waals surface area (Å²) in [6, 6.07) is 7.43. The van der Waals surface area contributed by atoms with Crippen LogP contribution >= 0.6 is 0 Å². The third-order valence-electron chi connectivity index (χ3n) is 2.41. The van der Waals surface area contributed by atoms with Crippen LogP contribution in [0, 0.1) is 6.92 Å². The molecule has 0 saturated heterocycles. The number of halogens is 1. The minimum absolute atomic E-state index is 0.481. The summed E-state index contributed by atoms with van der Waals surface area (Å²) in [6.07, 6.45) is 0. The molecule has 0 aliphatic rings. The van der Waals surface area contributed by atoms with E-state index >= 15 is 0 Å². The van der Waals surface area contributed by atoms with Crippen LogP contribution in [-0.4, -0.2) is 14.2 Å². The molecule has 0 heterocycles. The van der Waals surface area contributed by atoms with Gasteiger partial charge in [-0.05, 0) is 18.1 Å². The number of rotatable bonds is 3. The highest BCUT2D eigenvalue weighted by Crippen LogP contribution is 2.28. The standard InChI is InChI=1S/C11H15FO2S/c1-9-6-4-5-7-10(9)11(2,3)8-15(12,13)14/h4-7H,8H2,1-3H3. The first-order valence-corrected chi connectivity index (χ1v) is 6.26. The van der Waals surface area contributed by atoms with Gasteiger partial charge in [-0.2, -0.15) is 8.42 Å². The molecule has 4 heteroatoms. The van der Waals surface area contributed by atoms with Crippen molar-refractivity contribution < 1.29 is 12.3 Å². The first-order chi connectivity index (χ1) is 6.72. The molecule has 0 aromatic heterocycles. The van der Waals surface area contributed by atoms with E-state index in [2.05, 4.69) is 0 Å². The highest BCUT2D eigenvalue weighted by atomic mass is 32.3. The molecule has 1 rings (SSSR count). The number of hydrogen-bond acceptors (Lipinski definition) is 2. The summed E-state index contributed by atoms with van der Waals surface area (Å²) >= 11 is 0. The van der Waals surface area contributed by atoms with Gasteiger partial charge in [0.2, 0.25) is 0 Å². The van der Waals surface area contributed by atoms with Gasteiger partial charge in [0.1, 0.15) is 0 Å². The summed E-state index contributed by atoms with van der Waals surface area (Å²) in [5.41, 5.74) is 1.15. The van der Waals surface area contributed by atoms with Crippen molar-refractivity contribution in [1.82, 2.24) is 0 Å². The van der Waals surface area contributed by atoms with E-state index in [-0.39, 0.29) is 0 Å². The molecular weight excluding hydrogens is 215 g/mol. The van der Waals surface area contributed by atoms with Crippen LogP contribution in [0.3, 0.4) is 0 Å². The zero-order valence-corrected chi connectivity index (χ0v) is 9.94. The minimum atomic E-state index is -4.45. The second-order valence-corrected chi connectivity index (χ2v) is 5.75. The van der Waals surface area contributed by atoms with Crippen molar-refractivity contribution in [3.05, 3.63) is 35.4 Å². The van der Waals surface area contributed by atoms with Gasteiger partial charge in [-0.25, -0.2) is 0 Å². The monoisotopic (exact) mass is 230 g/mol. The average Bonchev–Trinajstić information content (AvgIpc) is 1.99. The van der Waals surface area contributed by atoms with E-state index in [1.54, 1.807) is 13.8 Å². The Bertz CT molecular complexity index is 449. The Hall–Kier alpha value is -0.900. The van der Waals surface area contributed by atoms with E-state index in [1.807, 2.05) is 31.2 Å². The van der Waals surface area contributed by atoms with Crippen LogP contribution in [-0.2, 0) is 15.6 Å². The number of benzene rings is 1. The van der Waals surface area contributed by atoms with Crippen LogP contribution in [0.2, 0.25) is 0 Å². The van der Waals surface area contributed by atoms with Gasteiger partial charge < -0.3 is 0 Å². The maximum absolute atomic E-state index is 12.7. The predicted octanol–water partition coefficient (Wildman–Crippen LogP) is 2.57. The summed E-state index contributed by atoms with van der Waals surface area (Å²) in [5, 5.41) is 0. The van der Waals surface area contributed by atoms with Crippen molar-refractivity contribution in [2.45, 2.75) is 26.2 Å². The van der Waals surface area contributed by atoms with Gasteiger partial charge >= 0.3 is 10.2 Å². The summed E-state index contributed by atoms with van der Waals surface area (Å²) in [5.74, 6) is -0.481. The van der Waals surface area contributed by atoms with Crippen molar-refractivity contribution in [2.75, 3.05) is 5.75 Å². The summed E-state index contributed by atoms with van der Waals surface area (Å²) in [7, 11) is -4.45. The lowest BCUT2D eigenvalue weighted by Crippen LogP contribution is -2.27. The molecule has 0 bridgehead atoms. The van der Waals surface area contributed by atoms with Gasteiger partial charge in [-0.3, -0.25) is 0 Å². The molecule has 0 aliphatic carbocycles. The minimum Gasteiger partial charge on any atom is -0.195 e. The normalized spacial score (nSPS) is 12.8. The van der Waals surface area contributed by atoms with Gasteiger partial charge in [0.05, 0.1) is 5.75 Å². The SMILES string of the molecule is Cc1ccccc1C(C)(C)CS(=O)(=O)F. The topological polar surface area (TPSA) is 34.1 Å². The van der Waals surface area contributed by atoms with Crippen molar-refractivity contribution in [1.29, 1.82) is 0 Å². The highest BCUT2D eigenvalue weighted by molar-refractivity contribution is 7.86. The molecule has 0 spiro atoms. The lowest BCUT2D eigenvalue weighted by atomic mass is 9.84. The first kappa shape index (κ1) is 12.2. The van der Waals surface area contributed by atoms with E-state index < -0.39 is 21.4 Å². The van der Waals surface area contributed by atoms with Crippen molar-refractivity contribution in [3.63, 3.8) is 0 Å². The Kier molecular flexibility index (Phi) is 3.19. The van der Waals surface area contributed by atoms with Crippen LogP contribution < -0.4 is 0 Å². The Morgan fingerprint density at radius 1 is 1.27 bits per heavy atom. The van der Waals surface area contributed by atoms with Gasteiger partial charge in [0.15, 0.2) is 0 Å². The maximum atomic E-state index is 12.7. The van der Waals surface area contributed by atoms with Crippen LogP contribution in [0.4, 0.5) is 3.89 Å². The van der Waals surface area contributed by atoms with E-state index in [1.165, 1.54) is 0 Å². The Morgan fingerprint density at radius 3 is 2.27 bits per heavy atom. The number of hydrogen-bond donors (Lipinski definition) is 0. The van der Waals surface area contributed by atoms with E-state index in [4.69, 9.17) is 0 Å². The van der Waals surface area contributed by atoms with Crippen LogP contribution in [0.5, 0.6) is 0 Å². The second kappa shape index (κ2) is 3.93. The van der Waals surface area contributed by atoms with Gasteiger partial charge in [-0.15, -0.1) is 3.89 Å². The molecular formula is C11H15FO2S. The molecule has 15 heavy (non-hydrogen) atoms. The molecule has 0 amide bonds. The van der Waals surface area contributed by atoms with Gasteiger partial charge in [-0.1, -0.05) is 38.1 Å². The lowest BCUT2D eigenvalue weighted by molar-refractivity contribution is 0.514.